The van der Waals surface area contributed by atoms with Crippen LogP contribution < -0.4 is 10.4 Å². The van der Waals surface area contributed by atoms with Crippen LogP contribution in [0.3, 0.4) is 0 Å². The topological polar surface area (TPSA) is 154 Å². The van der Waals surface area contributed by atoms with Gasteiger partial charge in [0.05, 0.1) is 11.5 Å². The molecule has 0 unspecified atom stereocenters. The zero-order chi connectivity index (χ0) is 21.0. The molecule has 4 rings (SSSR count). The Morgan fingerprint density at radius 1 is 1.03 bits per heavy atom. The van der Waals surface area contributed by atoms with E-state index in [1.54, 1.807) is 26.0 Å². The number of aliphatic hydroxyl groups is 4. The first-order valence-electron chi connectivity index (χ1n) is 9.24. The molecule has 3 aromatic rings. The molecule has 1 saturated carbocycles. The second-order valence-electron chi connectivity index (χ2n) is 7.54. The smallest absolute Gasteiger partial charge is 0.347 e. The number of phenols is 1. The first-order chi connectivity index (χ1) is 13.7. The molecule has 0 saturated heterocycles. The second kappa shape index (κ2) is 7.03. The molecule has 2 heterocycles. The van der Waals surface area contributed by atoms with Gasteiger partial charge in [-0.25, -0.2) is 4.79 Å². The third-order valence-corrected chi connectivity index (χ3v) is 5.52. The Kier molecular flexibility index (Phi) is 4.78. The van der Waals surface area contributed by atoms with E-state index < -0.39 is 42.6 Å². The van der Waals surface area contributed by atoms with Crippen LogP contribution in [0.15, 0.2) is 25.8 Å². The third-order valence-electron chi connectivity index (χ3n) is 5.52. The van der Waals surface area contributed by atoms with Crippen LogP contribution in [0.2, 0.25) is 0 Å². The SMILES string of the molecule is Cc1cc2oc3cc(C)c(O)c(O[C@@H]4C[C@H](CO)[C@@H](O)[C@H](O)[C@H]4O)c3c2c(=O)o1. The molecule has 0 amide bonds. The van der Waals surface area contributed by atoms with Gasteiger partial charge in [0.2, 0.25) is 0 Å². The predicted octanol–water partition coefficient (Wildman–Crippen LogP) is 0.704. The summed E-state index contributed by atoms with van der Waals surface area (Å²) in [5, 5.41) is 50.8. The minimum Gasteiger partial charge on any atom is -0.504 e. The number of fused-ring (bicyclic) bond motifs is 3. The number of hydrogen-bond donors (Lipinski definition) is 5. The van der Waals surface area contributed by atoms with Crippen LogP contribution in [-0.2, 0) is 0 Å². The van der Waals surface area contributed by atoms with Crippen molar-refractivity contribution in [2.75, 3.05) is 6.61 Å². The highest BCUT2D eigenvalue weighted by Gasteiger charge is 2.44. The lowest BCUT2D eigenvalue weighted by molar-refractivity contribution is -0.156. The highest BCUT2D eigenvalue weighted by molar-refractivity contribution is 6.09. The number of aryl methyl sites for hydroxylation is 2. The van der Waals surface area contributed by atoms with Crippen LogP contribution in [0.5, 0.6) is 11.5 Å². The maximum absolute atomic E-state index is 12.5. The lowest BCUT2D eigenvalue weighted by atomic mass is 9.81. The van der Waals surface area contributed by atoms with Crippen LogP contribution in [-0.4, -0.2) is 56.6 Å². The van der Waals surface area contributed by atoms with Gasteiger partial charge in [-0.15, -0.1) is 0 Å². The van der Waals surface area contributed by atoms with Gasteiger partial charge >= 0.3 is 5.63 Å². The molecule has 9 heteroatoms. The first-order valence-corrected chi connectivity index (χ1v) is 9.24. The standard InChI is InChI=1S/C20H22O9/c1-7-3-10-13(14-11(28-10)4-8(2)27-20(14)26)19(15(7)22)29-12-5-9(6-21)16(23)18(25)17(12)24/h3-4,9,12,16-18,21-25H,5-6H2,1-2H3/t9-,12-,16-,17+,18+/m1/s1. The van der Waals surface area contributed by atoms with Gasteiger partial charge in [0.25, 0.3) is 0 Å². The van der Waals surface area contributed by atoms with Crippen molar-refractivity contribution in [1.29, 1.82) is 0 Å². The van der Waals surface area contributed by atoms with Crippen LogP contribution >= 0.6 is 0 Å². The highest BCUT2D eigenvalue weighted by atomic mass is 16.5. The van der Waals surface area contributed by atoms with Crippen molar-refractivity contribution in [1.82, 2.24) is 0 Å². The molecule has 0 radical (unpaired) electrons. The van der Waals surface area contributed by atoms with E-state index in [0.29, 0.717) is 11.3 Å². The first kappa shape index (κ1) is 19.7. The summed E-state index contributed by atoms with van der Waals surface area (Å²) in [7, 11) is 0. The van der Waals surface area contributed by atoms with Crippen molar-refractivity contribution < 1.29 is 39.1 Å². The summed E-state index contributed by atoms with van der Waals surface area (Å²) in [6.07, 6.45) is -5.36. The summed E-state index contributed by atoms with van der Waals surface area (Å²) in [5.41, 5.74) is 0.293. The Labute approximate surface area is 164 Å². The Morgan fingerprint density at radius 3 is 2.41 bits per heavy atom. The molecule has 5 atom stereocenters. The number of ether oxygens (including phenoxy) is 1. The molecule has 0 aliphatic heterocycles. The minimum absolute atomic E-state index is 0.0221. The molecule has 29 heavy (non-hydrogen) atoms. The van der Waals surface area contributed by atoms with E-state index in [1.165, 1.54) is 0 Å². The molecule has 1 fully saturated rings. The molecule has 156 valence electrons. The molecule has 9 nitrogen and oxygen atoms in total. The van der Waals surface area contributed by atoms with Crippen LogP contribution in [0, 0.1) is 19.8 Å². The summed E-state index contributed by atoms with van der Waals surface area (Å²) in [6.45, 7) is 2.81. The maximum Gasteiger partial charge on any atom is 0.347 e. The normalized spacial score (nSPS) is 27.6. The van der Waals surface area contributed by atoms with E-state index in [-0.39, 0.29) is 39.9 Å². The predicted molar refractivity (Wildman–Crippen MR) is 101 cm³/mol. The largest absolute Gasteiger partial charge is 0.504 e. The molecule has 0 spiro atoms. The van der Waals surface area contributed by atoms with E-state index >= 15 is 0 Å². The summed E-state index contributed by atoms with van der Waals surface area (Å²) in [5.74, 6) is -0.724. The quantitative estimate of drug-likeness (QED) is 0.423. The van der Waals surface area contributed by atoms with Crippen LogP contribution in [0.1, 0.15) is 17.7 Å². The molecule has 0 bridgehead atoms. The summed E-state index contributed by atoms with van der Waals surface area (Å²) < 4.78 is 16.8. The lowest BCUT2D eigenvalue weighted by Gasteiger charge is -2.39. The van der Waals surface area contributed by atoms with E-state index in [0.717, 1.165) is 0 Å². The number of furan rings is 1. The number of hydrogen-bond acceptors (Lipinski definition) is 9. The van der Waals surface area contributed by atoms with Gasteiger partial charge in [0.15, 0.2) is 11.5 Å². The van der Waals surface area contributed by atoms with Gasteiger partial charge in [-0.1, -0.05) is 0 Å². The zero-order valence-electron chi connectivity index (χ0n) is 15.8. The Bertz CT molecular complexity index is 1130. The van der Waals surface area contributed by atoms with Gasteiger partial charge in [-0.3, -0.25) is 0 Å². The number of aromatic hydroxyl groups is 1. The average Bonchev–Trinajstić information content (AvgIpc) is 3.03. The molecule has 1 aliphatic rings. The fraction of sp³-hybridized carbons (Fsp3) is 0.450. The number of phenolic OH excluding ortho intramolecular Hbond substituents is 1. The fourth-order valence-corrected chi connectivity index (χ4v) is 3.92. The van der Waals surface area contributed by atoms with Crippen molar-refractivity contribution in [2.45, 2.75) is 44.7 Å². The van der Waals surface area contributed by atoms with E-state index in [9.17, 15) is 30.3 Å². The minimum atomic E-state index is -1.54. The highest BCUT2D eigenvalue weighted by Crippen LogP contribution is 2.44. The van der Waals surface area contributed by atoms with Crippen molar-refractivity contribution in [2.24, 2.45) is 5.92 Å². The second-order valence-corrected chi connectivity index (χ2v) is 7.54. The van der Waals surface area contributed by atoms with E-state index in [1.807, 2.05) is 0 Å². The average molecular weight is 406 g/mol. The number of aliphatic hydroxyl groups excluding tert-OH is 4. The Hall–Kier alpha value is -2.59. The molecular formula is C20H22O9. The summed E-state index contributed by atoms with van der Waals surface area (Å²) in [4.78, 5) is 12.5. The fourth-order valence-electron chi connectivity index (χ4n) is 3.92. The van der Waals surface area contributed by atoms with Crippen molar-refractivity contribution in [3.05, 3.63) is 33.9 Å². The molecule has 5 N–H and O–H groups in total. The molecular weight excluding hydrogens is 384 g/mol. The van der Waals surface area contributed by atoms with E-state index in [2.05, 4.69) is 0 Å². The van der Waals surface area contributed by atoms with E-state index in [4.69, 9.17) is 13.6 Å². The van der Waals surface area contributed by atoms with Gasteiger partial charge in [-0.2, -0.15) is 0 Å². The number of benzene rings is 1. The summed E-state index contributed by atoms with van der Waals surface area (Å²) in [6, 6.07) is 3.10. The lowest BCUT2D eigenvalue weighted by Crippen LogP contribution is -2.56. The van der Waals surface area contributed by atoms with Crippen LogP contribution in [0.25, 0.3) is 21.9 Å². The Morgan fingerprint density at radius 2 is 1.72 bits per heavy atom. The van der Waals surface area contributed by atoms with Gasteiger partial charge in [0.1, 0.15) is 40.6 Å². The van der Waals surface area contributed by atoms with Crippen molar-refractivity contribution >= 4 is 21.9 Å². The van der Waals surface area contributed by atoms with Crippen molar-refractivity contribution in [3.63, 3.8) is 0 Å². The third kappa shape index (κ3) is 3.06. The Balaban J connectivity index is 1.89. The van der Waals surface area contributed by atoms with Gasteiger partial charge < -0.3 is 39.1 Å². The van der Waals surface area contributed by atoms with Gasteiger partial charge in [0, 0.05) is 18.6 Å². The molecule has 1 aromatic carbocycles. The van der Waals surface area contributed by atoms with Crippen molar-refractivity contribution in [3.8, 4) is 11.5 Å². The van der Waals surface area contributed by atoms with Crippen LogP contribution in [0.4, 0.5) is 0 Å². The molecule has 1 aliphatic carbocycles. The monoisotopic (exact) mass is 406 g/mol. The van der Waals surface area contributed by atoms with Gasteiger partial charge in [-0.05, 0) is 31.9 Å². The maximum atomic E-state index is 12.5. The zero-order valence-corrected chi connectivity index (χ0v) is 15.8. The number of rotatable bonds is 3. The summed E-state index contributed by atoms with van der Waals surface area (Å²) >= 11 is 0. The molecule has 2 aromatic heterocycles.